The number of amides is 1. The number of pyridine rings is 1. The largest absolute Gasteiger partial charge is 0.409 e. The summed E-state index contributed by atoms with van der Waals surface area (Å²) in [6.45, 7) is 3.48. The maximum Gasteiger partial charge on any atom is 0.409 e. The molecule has 27 heavy (non-hydrogen) atoms. The molecule has 0 spiro atoms. The first-order valence-corrected chi connectivity index (χ1v) is 8.75. The Labute approximate surface area is 155 Å². The molecule has 1 atom stereocenters. The number of aryl methyl sites for hydroxylation is 2. The van der Waals surface area contributed by atoms with E-state index in [4.69, 9.17) is 0 Å². The molecule has 0 aliphatic carbocycles. The number of hydrogen-bond donors (Lipinski definition) is 1. The summed E-state index contributed by atoms with van der Waals surface area (Å²) in [4.78, 5) is 34.1. The highest BCUT2D eigenvalue weighted by Crippen LogP contribution is 2.23. The molecule has 0 fully saturated rings. The van der Waals surface area contributed by atoms with Gasteiger partial charge in [0.05, 0.1) is 0 Å². The smallest absolute Gasteiger partial charge is 0.340 e. The number of rotatable bonds is 4. The van der Waals surface area contributed by atoms with E-state index in [2.05, 4.69) is 9.97 Å². The SMILES string of the molecule is Cc1sc2ncc(C(=O)NC(Cc3ccccn3)C(F)(F)F)c(=O)n2c1C. The molecule has 0 aliphatic heterocycles. The standard InChI is InChI=1S/C17H15F3N4O2S/c1-9-10(2)27-16-22-8-12(15(26)24(9)16)14(25)23-13(17(18,19)20)7-11-5-3-4-6-21-11/h3-6,8,13H,7H2,1-2H3,(H,23,25). The monoisotopic (exact) mass is 396 g/mol. The predicted octanol–water partition coefficient (Wildman–Crippen LogP) is 2.67. The summed E-state index contributed by atoms with van der Waals surface area (Å²) in [5, 5.41) is 1.90. The third kappa shape index (κ3) is 3.85. The van der Waals surface area contributed by atoms with Crippen LogP contribution in [0, 0.1) is 13.8 Å². The highest BCUT2D eigenvalue weighted by atomic mass is 32.1. The van der Waals surface area contributed by atoms with Crippen LogP contribution in [0.2, 0.25) is 0 Å². The van der Waals surface area contributed by atoms with Gasteiger partial charge in [-0.15, -0.1) is 11.3 Å². The van der Waals surface area contributed by atoms with E-state index < -0.39 is 35.7 Å². The van der Waals surface area contributed by atoms with Crippen molar-refractivity contribution in [2.45, 2.75) is 32.5 Å². The van der Waals surface area contributed by atoms with Crippen molar-refractivity contribution in [3.63, 3.8) is 0 Å². The molecular formula is C17H15F3N4O2S. The van der Waals surface area contributed by atoms with Gasteiger partial charge in [-0.25, -0.2) is 4.98 Å². The fraction of sp³-hybridized carbons (Fsp3) is 0.294. The van der Waals surface area contributed by atoms with Crippen molar-refractivity contribution < 1.29 is 18.0 Å². The van der Waals surface area contributed by atoms with E-state index in [1.165, 1.54) is 28.0 Å². The van der Waals surface area contributed by atoms with Crippen LogP contribution in [0.1, 0.15) is 26.6 Å². The van der Waals surface area contributed by atoms with Crippen LogP contribution in [0.15, 0.2) is 35.4 Å². The molecule has 1 N–H and O–H groups in total. The second kappa shape index (κ2) is 7.10. The van der Waals surface area contributed by atoms with E-state index in [1.807, 2.05) is 5.32 Å². The number of aromatic nitrogens is 3. The lowest BCUT2D eigenvalue weighted by Crippen LogP contribution is -2.48. The normalized spacial score (nSPS) is 12.9. The van der Waals surface area contributed by atoms with Crippen LogP contribution in [0.3, 0.4) is 0 Å². The summed E-state index contributed by atoms with van der Waals surface area (Å²) in [5.74, 6) is -1.12. The summed E-state index contributed by atoms with van der Waals surface area (Å²) >= 11 is 1.27. The molecule has 0 aromatic carbocycles. The first-order valence-electron chi connectivity index (χ1n) is 7.93. The number of thiazole rings is 1. The number of halogens is 3. The second-order valence-electron chi connectivity index (χ2n) is 5.93. The van der Waals surface area contributed by atoms with Gasteiger partial charge >= 0.3 is 6.18 Å². The number of hydrogen-bond acceptors (Lipinski definition) is 5. The van der Waals surface area contributed by atoms with E-state index in [9.17, 15) is 22.8 Å². The topological polar surface area (TPSA) is 76.4 Å². The van der Waals surface area contributed by atoms with E-state index in [1.54, 1.807) is 26.0 Å². The highest BCUT2D eigenvalue weighted by molar-refractivity contribution is 7.17. The summed E-state index contributed by atoms with van der Waals surface area (Å²) in [6.07, 6.45) is -2.85. The Morgan fingerprint density at radius 2 is 2.04 bits per heavy atom. The van der Waals surface area contributed by atoms with Crippen LogP contribution in [-0.4, -0.2) is 32.5 Å². The maximum absolute atomic E-state index is 13.4. The summed E-state index contributed by atoms with van der Waals surface area (Å²) < 4.78 is 41.3. The summed E-state index contributed by atoms with van der Waals surface area (Å²) in [7, 11) is 0. The van der Waals surface area contributed by atoms with Crippen molar-refractivity contribution in [3.05, 3.63) is 62.8 Å². The number of nitrogens with zero attached hydrogens (tertiary/aromatic N) is 3. The molecule has 3 rings (SSSR count). The fourth-order valence-electron chi connectivity index (χ4n) is 2.54. The van der Waals surface area contributed by atoms with E-state index in [0.29, 0.717) is 10.7 Å². The van der Waals surface area contributed by atoms with E-state index >= 15 is 0 Å². The minimum Gasteiger partial charge on any atom is -0.340 e. The van der Waals surface area contributed by atoms with Gasteiger partial charge in [-0.2, -0.15) is 13.2 Å². The van der Waals surface area contributed by atoms with Crippen molar-refractivity contribution in [2.24, 2.45) is 0 Å². The van der Waals surface area contributed by atoms with Crippen molar-refractivity contribution in [1.29, 1.82) is 0 Å². The number of carbonyl (C=O) groups is 1. The van der Waals surface area contributed by atoms with Crippen molar-refractivity contribution in [2.75, 3.05) is 0 Å². The average molecular weight is 396 g/mol. The van der Waals surface area contributed by atoms with Gasteiger partial charge in [0.25, 0.3) is 11.5 Å². The van der Waals surface area contributed by atoms with E-state index in [-0.39, 0.29) is 5.69 Å². The Hall–Kier alpha value is -2.75. The quantitative estimate of drug-likeness (QED) is 0.736. The van der Waals surface area contributed by atoms with Gasteiger partial charge in [-0.3, -0.25) is 19.0 Å². The predicted molar refractivity (Wildman–Crippen MR) is 94.1 cm³/mol. The lowest BCUT2D eigenvalue weighted by molar-refractivity contribution is -0.153. The van der Waals surface area contributed by atoms with Crippen molar-refractivity contribution in [1.82, 2.24) is 19.7 Å². The molecular weight excluding hydrogens is 381 g/mol. The number of nitrogens with one attached hydrogen (secondary N) is 1. The Kier molecular flexibility index (Phi) is 5.01. The van der Waals surface area contributed by atoms with Gasteiger partial charge < -0.3 is 5.32 Å². The second-order valence-corrected chi connectivity index (χ2v) is 7.11. The number of carbonyl (C=O) groups excluding carboxylic acids is 1. The molecule has 0 saturated carbocycles. The molecule has 3 aromatic heterocycles. The fourth-order valence-corrected chi connectivity index (χ4v) is 3.47. The Bertz CT molecular complexity index is 1040. The van der Waals surface area contributed by atoms with Gasteiger partial charge in [-0.05, 0) is 26.0 Å². The zero-order chi connectivity index (χ0) is 19.8. The lowest BCUT2D eigenvalue weighted by atomic mass is 10.1. The zero-order valence-electron chi connectivity index (χ0n) is 14.4. The van der Waals surface area contributed by atoms with Crippen molar-refractivity contribution in [3.8, 4) is 0 Å². The first-order chi connectivity index (χ1) is 12.7. The molecule has 142 valence electrons. The Morgan fingerprint density at radius 3 is 2.67 bits per heavy atom. The minimum absolute atomic E-state index is 0.176. The first kappa shape index (κ1) is 19.0. The molecule has 0 aliphatic rings. The summed E-state index contributed by atoms with van der Waals surface area (Å²) in [6, 6.07) is 2.40. The van der Waals surface area contributed by atoms with Gasteiger partial charge in [0.15, 0.2) is 4.96 Å². The van der Waals surface area contributed by atoms with Crippen LogP contribution in [0.4, 0.5) is 13.2 Å². The Morgan fingerprint density at radius 1 is 1.30 bits per heavy atom. The van der Waals surface area contributed by atoms with Gasteiger partial charge in [0.2, 0.25) is 0 Å². The Balaban J connectivity index is 1.92. The molecule has 1 unspecified atom stereocenters. The van der Waals surface area contributed by atoms with E-state index in [0.717, 1.165) is 11.1 Å². The van der Waals surface area contributed by atoms with Crippen LogP contribution in [0.25, 0.3) is 4.96 Å². The lowest BCUT2D eigenvalue weighted by Gasteiger charge is -2.21. The highest BCUT2D eigenvalue weighted by Gasteiger charge is 2.41. The zero-order valence-corrected chi connectivity index (χ0v) is 15.2. The molecule has 6 nitrogen and oxygen atoms in total. The van der Waals surface area contributed by atoms with Crippen LogP contribution >= 0.6 is 11.3 Å². The molecule has 0 radical (unpaired) electrons. The molecule has 3 aromatic rings. The van der Waals surface area contributed by atoms with Gasteiger partial charge in [0.1, 0.15) is 11.6 Å². The number of fused-ring (bicyclic) bond motifs is 1. The van der Waals surface area contributed by atoms with Crippen LogP contribution in [-0.2, 0) is 6.42 Å². The molecule has 1 amide bonds. The molecule has 10 heteroatoms. The minimum atomic E-state index is -4.70. The van der Waals surface area contributed by atoms with Gasteiger partial charge in [0, 0.05) is 35.1 Å². The summed E-state index contributed by atoms with van der Waals surface area (Å²) in [5.41, 5.74) is -0.362. The third-order valence-electron chi connectivity index (χ3n) is 4.10. The maximum atomic E-state index is 13.4. The number of alkyl halides is 3. The van der Waals surface area contributed by atoms with Crippen molar-refractivity contribution >= 4 is 22.2 Å². The third-order valence-corrected chi connectivity index (χ3v) is 5.17. The molecule has 0 bridgehead atoms. The van der Waals surface area contributed by atoms with Gasteiger partial charge in [-0.1, -0.05) is 6.07 Å². The average Bonchev–Trinajstić information content (AvgIpc) is 2.89. The van der Waals surface area contributed by atoms with Crippen LogP contribution < -0.4 is 10.9 Å². The molecule has 3 heterocycles. The van der Waals surface area contributed by atoms with Crippen LogP contribution in [0.5, 0.6) is 0 Å². The molecule has 0 saturated heterocycles.